The van der Waals surface area contributed by atoms with E-state index in [0.29, 0.717) is 18.5 Å². The van der Waals surface area contributed by atoms with Gasteiger partial charge in [-0.3, -0.25) is 9.69 Å². The van der Waals surface area contributed by atoms with Gasteiger partial charge < -0.3 is 24.1 Å². The zero-order valence-electron chi connectivity index (χ0n) is 20.0. The Morgan fingerprint density at radius 3 is 2.53 bits per heavy atom. The van der Waals surface area contributed by atoms with Crippen LogP contribution in [0, 0.1) is 0 Å². The van der Waals surface area contributed by atoms with Crippen LogP contribution in [0.4, 0.5) is 0 Å². The number of fused-ring (bicyclic) bond motifs is 1. The van der Waals surface area contributed by atoms with Crippen LogP contribution < -0.4 is 0 Å². The zero-order valence-corrected chi connectivity index (χ0v) is 20.0. The Bertz CT molecular complexity index is 802. The first-order valence-corrected chi connectivity index (χ1v) is 10.8. The molecule has 0 bridgehead atoms. The Morgan fingerprint density at radius 1 is 1.31 bits per heavy atom. The van der Waals surface area contributed by atoms with Crippen LogP contribution in [0.5, 0.6) is 0 Å². The summed E-state index contributed by atoms with van der Waals surface area (Å²) in [5, 5.41) is 11.3. The van der Waals surface area contributed by atoms with Crippen molar-refractivity contribution in [2.45, 2.75) is 77.4 Å². The maximum absolute atomic E-state index is 13.1. The molecule has 0 unspecified atom stereocenters. The van der Waals surface area contributed by atoms with E-state index in [-0.39, 0.29) is 24.7 Å². The van der Waals surface area contributed by atoms with Gasteiger partial charge in [0.1, 0.15) is 18.3 Å². The lowest BCUT2D eigenvalue weighted by Gasteiger charge is -2.42. The number of carbonyl (C=O) groups is 3. The molecule has 32 heavy (non-hydrogen) atoms. The highest BCUT2D eigenvalue weighted by atomic mass is 16.6. The van der Waals surface area contributed by atoms with Crippen molar-refractivity contribution in [2.24, 2.45) is 0 Å². The number of esters is 3. The molecule has 2 rings (SSSR count). The van der Waals surface area contributed by atoms with Gasteiger partial charge in [0.2, 0.25) is 5.60 Å². The highest BCUT2D eigenvalue weighted by Crippen LogP contribution is 2.35. The molecule has 9 heteroatoms. The Morgan fingerprint density at radius 2 is 1.97 bits per heavy atom. The van der Waals surface area contributed by atoms with Gasteiger partial charge in [0, 0.05) is 32.7 Å². The molecule has 1 saturated heterocycles. The molecule has 0 aliphatic carbocycles. The van der Waals surface area contributed by atoms with Gasteiger partial charge >= 0.3 is 17.9 Å². The Kier molecular flexibility index (Phi) is 8.25. The first-order valence-electron chi connectivity index (χ1n) is 10.8. The molecule has 2 aliphatic heterocycles. The van der Waals surface area contributed by atoms with E-state index in [1.807, 2.05) is 6.08 Å². The number of nitrogens with zero attached hydrogens (tertiary/aromatic N) is 1. The number of hydrogen-bond donors (Lipinski definition) is 1. The Labute approximate surface area is 189 Å². The molecule has 1 N–H and O–H groups in total. The fraction of sp³-hybridized carbons (Fsp3) is 0.696. The third-order valence-electron chi connectivity index (χ3n) is 6.37. The maximum atomic E-state index is 13.1. The van der Waals surface area contributed by atoms with Gasteiger partial charge in [0.25, 0.3) is 0 Å². The first-order chi connectivity index (χ1) is 14.9. The van der Waals surface area contributed by atoms with Crippen molar-refractivity contribution in [3.63, 3.8) is 0 Å². The van der Waals surface area contributed by atoms with Crippen molar-refractivity contribution >= 4 is 17.9 Å². The molecule has 0 saturated carbocycles. The molecule has 2 heterocycles. The highest BCUT2D eigenvalue weighted by Gasteiger charge is 2.58. The SMILES string of the molecule is C/C=C(/C)C(=O)O[C@H]1CCN2CC=C(COC(=O)[C@@](O)([C@@H](C)OC)C(C)(C)OC(C)=O)[C@H]12. The van der Waals surface area contributed by atoms with E-state index in [0.717, 1.165) is 12.1 Å². The number of carbonyl (C=O) groups excluding carboxylic acids is 3. The smallest absolute Gasteiger partial charge is 0.345 e. The van der Waals surface area contributed by atoms with Gasteiger partial charge in [-0.25, -0.2) is 9.59 Å². The average molecular weight is 454 g/mol. The third-order valence-corrected chi connectivity index (χ3v) is 6.37. The van der Waals surface area contributed by atoms with Crippen molar-refractivity contribution in [1.82, 2.24) is 4.90 Å². The molecule has 0 aromatic heterocycles. The molecule has 2 aliphatic rings. The van der Waals surface area contributed by atoms with Crippen LogP contribution in [0.2, 0.25) is 0 Å². The maximum Gasteiger partial charge on any atom is 0.345 e. The second-order valence-electron chi connectivity index (χ2n) is 8.75. The lowest BCUT2D eigenvalue weighted by atomic mass is 9.81. The minimum absolute atomic E-state index is 0.0917. The van der Waals surface area contributed by atoms with Gasteiger partial charge in [0.15, 0.2) is 0 Å². The number of hydrogen-bond acceptors (Lipinski definition) is 9. The van der Waals surface area contributed by atoms with E-state index in [4.69, 9.17) is 18.9 Å². The van der Waals surface area contributed by atoms with E-state index in [2.05, 4.69) is 4.90 Å². The molecule has 180 valence electrons. The quantitative estimate of drug-likeness (QED) is 0.240. The second-order valence-corrected chi connectivity index (χ2v) is 8.75. The van der Waals surface area contributed by atoms with Gasteiger partial charge in [-0.05, 0) is 46.6 Å². The molecule has 4 atom stereocenters. The lowest BCUT2D eigenvalue weighted by molar-refractivity contribution is -0.226. The van der Waals surface area contributed by atoms with Gasteiger partial charge in [-0.15, -0.1) is 0 Å². The molecule has 0 spiro atoms. The van der Waals surface area contributed by atoms with Gasteiger partial charge in [-0.2, -0.15) is 0 Å². The molecule has 0 aromatic rings. The molecular weight excluding hydrogens is 418 g/mol. The molecule has 9 nitrogen and oxygen atoms in total. The normalized spacial score (nSPS) is 24.2. The summed E-state index contributed by atoms with van der Waals surface area (Å²) in [6, 6.07) is -0.189. The number of allylic oxidation sites excluding steroid dienone is 1. The predicted octanol–water partition coefficient (Wildman–Crippen LogP) is 1.53. The predicted molar refractivity (Wildman–Crippen MR) is 116 cm³/mol. The standard InChI is InChI=1S/C23H35NO8/c1-8-14(2)20(26)31-18-10-12-24-11-9-17(19(18)24)13-30-21(27)23(28,15(3)29-7)22(5,6)32-16(4)25/h8-9,15,18-19,28H,10-13H2,1-7H3/b14-8-/t15-,18+,19-,23+/m1/s1. The molecule has 0 radical (unpaired) electrons. The van der Waals surface area contributed by atoms with Crippen LogP contribution in [0.25, 0.3) is 0 Å². The average Bonchev–Trinajstić information content (AvgIpc) is 3.31. The summed E-state index contributed by atoms with van der Waals surface area (Å²) in [4.78, 5) is 39.0. The van der Waals surface area contributed by atoms with E-state index < -0.39 is 29.2 Å². The van der Waals surface area contributed by atoms with Crippen molar-refractivity contribution in [3.8, 4) is 0 Å². The summed E-state index contributed by atoms with van der Waals surface area (Å²) >= 11 is 0. The number of methoxy groups -OCH3 is 1. The number of rotatable bonds is 9. The van der Waals surface area contributed by atoms with Crippen LogP contribution in [0.15, 0.2) is 23.3 Å². The van der Waals surface area contributed by atoms with E-state index in [1.54, 1.807) is 19.9 Å². The van der Waals surface area contributed by atoms with Crippen molar-refractivity contribution in [2.75, 3.05) is 26.8 Å². The summed E-state index contributed by atoms with van der Waals surface area (Å²) in [5.74, 6) is -1.98. The van der Waals surface area contributed by atoms with Gasteiger partial charge in [-0.1, -0.05) is 12.2 Å². The van der Waals surface area contributed by atoms with Crippen LogP contribution in [0.1, 0.15) is 48.0 Å². The lowest BCUT2D eigenvalue weighted by Crippen LogP contribution is -2.65. The largest absolute Gasteiger partial charge is 0.459 e. The van der Waals surface area contributed by atoms with Gasteiger partial charge in [0.05, 0.1) is 12.1 Å². The Balaban J connectivity index is 2.14. The van der Waals surface area contributed by atoms with Crippen molar-refractivity contribution < 1.29 is 38.4 Å². The molecule has 0 aromatic carbocycles. The van der Waals surface area contributed by atoms with E-state index in [9.17, 15) is 19.5 Å². The number of aliphatic hydroxyl groups is 1. The molecule has 1 fully saturated rings. The topological polar surface area (TPSA) is 112 Å². The minimum Gasteiger partial charge on any atom is -0.459 e. The van der Waals surface area contributed by atoms with Crippen LogP contribution >= 0.6 is 0 Å². The molecular formula is C23H35NO8. The van der Waals surface area contributed by atoms with Crippen LogP contribution in [-0.2, 0) is 33.3 Å². The summed E-state index contributed by atoms with van der Waals surface area (Å²) < 4.78 is 21.6. The minimum atomic E-state index is -2.24. The van der Waals surface area contributed by atoms with Crippen LogP contribution in [0.3, 0.4) is 0 Å². The fourth-order valence-corrected chi connectivity index (χ4v) is 4.24. The highest BCUT2D eigenvalue weighted by molar-refractivity contribution is 5.87. The monoisotopic (exact) mass is 453 g/mol. The summed E-state index contributed by atoms with van der Waals surface area (Å²) in [6.07, 6.45) is 2.96. The summed E-state index contributed by atoms with van der Waals surface area (Å²) in [6.45, 7) is 10.4. The summed E-state index contributed by atoms with van der Waals surface area (Å²) in [5.41, 5.74) is -2.51. The Hall–Kier alpha value is -2.23. The van der Waals surface area contributed by atoms with Crippen molar-refractivity contribution in [1.29, 1.82) is 0 Å². The molecule has 0 amide bonds. The van der Waals surface area contributed by atoms with Crippen LogP contribution in [-0.4, -0.2) is 84.2 Å². The summed E-state index contributed by atoms with van der Waals surface area (Å²) in [7, 11) is 1.34. The fourth-order valence-electron chi connectivity index (χ4n) is 4.24. The van der Waals surface area contributed by atoms with Crippen molar-refractivity contribution in [3.05, 3.63) is 23.3 Å². The number of ether oxygens (including phenoxy) is 4. The first kappa shape index (κ1) is 26.0. The van der Waals surface area contributed by atoms with E-state index in [1.165, 1.54) is 34.8 Å². The third kappa shape index (κ3) is 5.05. The zero-order chi connectivity index (χ0) is 24.3. The van der Waals surface area contributed by atoms with E-state index >= 15 is 0 Å². The second kappa shape index (κ2) is 10.1.